The fourth-order valence-corrected chi connectivity index (χ4v) is 2.11. The molecule has 19 heavy (non-hydrogen) atoms. The molecule has 0 radical (unpaired) electrons. The minimum Gasteiger partial charge on any atom is -0.389 e. The monoisotopic (exact) mass is 266 g/mol. The van der Waals surface area contributed by atoms with Crippen molar-refractivity contribution in [2.75, 3.05) is 0 Å². The molecule has 0 spiro atoms. The minimum absolute atomic E-state index is 0.258. The highest BCUT2D eigenvalue weighted by molar-refractivity contribution is 5.04. The van der Waals surface area contributed by atoms with E-state index in [1.165, 1.54) is 57.8 Å². The van der Waals surface area contributed by atoms with E-state index in [9.17, 15) is 5.11 Å². The summed E-state index contributed by atoms with van der Waals surface area (Å²) in [6.45, 7) is 4.46. The van der Waals surface area contributed by atoms with E-state index in [-0.39, 0.29) is 6.10 Å². The Hall–Kier alpha value is -0.560. The Morgan fingerprint density at radius 3 is 2.11 bits per heavy atom. The van der Waals surface area contributed by atoms with Crippen molar-refractivity contribution in [3.8, 4) is 0 Å². The van der Waals surface area contributed by atoms with Gasteiger partial charge in [-0.15, -0.1) is 0 Å². The SMILES string of the molecule is CCCCCCCC=CC=CC(O)CCCCCC. The van der Waals surface area contributed by atoms with Crippen molar-refractivity contribution < 1.29 is 5.11 Å². The molecule has 0 aromatic carbocycles. The molecule has 0 bridgehead atoms. The van der Waals surface area contributed by atoms with Gasteiger partial charge in [-0.05, 0) is 19.3 Å². The molecule has 0 saturated heterocycles. The molecular weight excluding hydrogens is 232 g/mol. The average molecular weight is 266 g/mol. The molecule has 1 atom stereocenters. The lowest BCUT2D eigenvalue weighted by atomic mass is 10.1. The van der Waals surface area contributed by atoms with E-state index in [1.54, 1.807) is 0 Å². The molecule has 0 aromatic heterocycles. The fraction of sp³-hybridized carbons (Fsp3) is 0.778. The second-order valence-corrected chi connectivity index (χ2v) is 5.43. The van der Waals surface area contributed by atoms with E-state index in [0.717, 1.165) is 12.8 Å². The standard InChI is InChI=1S/C18H34O/c1-3-5-7-9-10-11-12-13-15-17-18(19)16-14-8-6-4-2/h12-13,15,17-19H,3-11,14,16H2,1-2H3. The zero-order valence-corrected chi connectivity index (χ0v) is 13.1. The number of aliphatic hydroxyl groups excluding tert-OH is 1. The summed E-state index contributed by atoms with van der Waals surface area (Å²) in [6.07, 6.45) is 21.6. The van der Waals surface area contributed by atoms with Crippen LogP contribution in [-0.2, 0) is 0 Å². The summed E-state index contributed by atoms with van der Waals surface area (Å²) in [7, 11) is 0. The second-order valence-electron chi connectivity index (χ2n) is 5.43. The third kappa shape index (κ3) is 15.4. The van der Waals surface area contributed by atoms with Crippen LogP contribution in [0.3, 0.4) is 0 Å². The van der Waals surface area contributed by atoms with Gasteiger partial charge in [0.25, 0.3) is 0 Å². The molecule has 1 unspecified atom stereocenters. The van der Waals surface area contributed by atoms with E-state index in [4.69, 9.17) is 0 Å². The maximum Gasteiger partial charge on any atom is 0.0723 e. The number of rotatable bonds is 13. The maximum atomic E-state index is 9.73. The van der Waals surface area contributed by atoms with E-state index in [2.05, 4.69) is 26.0 Å². The maximum absolute atomic E-state index is 9.73. The molecule has 1 nitrogen and oxygen atoms in total. The summed E-state index contributed by atoms with van der Waals surface area (Å²) in [5.74, 6) is 0. The molecule has 0 aliphatic carbocycles. The first-order valence-corrected chi connectivity index (χ1v) is 8.32. The van der Waals surface area contributed by atoms with Crippen LogP contribution in [0.25, 0.3) is 0 Å². The van der Waals surface area contributed by atoms with Gasteiger partial charge in [-0.1, -0.05) is 89.5 Å². The van der Waals surface area contributed by atoms with Gasteiger partial charge in [0.15, 0.2) is 0 Å². The zero-order valence-electron chi connectivity index (χ0n) is 13.1. The van der Waals surface area contributed by atoms with E-state index in [1.807, 2.05) is 12.2 Å². The molecule has 0 saturated carbocycles. The molecule has 0 amide bonds. The number of aliphatic hydroxyl groups is 1. The minimum atomic E-state index is -0.258. The van der Waals surface area contributed by atoms with Crippen molar-refractivity contribution in [1.82, 2.24) is 0 Å². The Morgan fingerprint density at radius 2 is 1.42 bits per heavy atom. The van der Waals surface area contributed by atoms with Crippen LogP contribution in [0.4, 0.5) is 0 Å². The van der Waals surface area contributed by atoms with Crippen LogP contribution in [0.2, 0.25) is 0 Å². The zero-order chi connectivity index (χ0) is 14.2. The number of hydrogen-bond acceptors (Lipinski definition) is 1. The van der Waals surface area contributed by atoms with Crippen LogP contribution in [0.1, 0.15) is 84.5 Å². The van der Waals surface area contributed by atoms with Gasteiger partial charge in [0.05, 0.1) is 6.10 Å². The Balaban J connectivity index is 3.38. The summed E-state index contributed by atoms with van der Waals surface area (Å²) >= 11 is 0. The van der Waals surface area contributed by atoms with Crippen LogP contribution in [0, 0.1) is 0 Å². The quantitative estimate of drug-likeness (QED) is 0.330. The van der Waals surface area contributed by atoms with E-state index >= 15 is 0 Å². The molecule has 0 aliphatic rings. The molecule has 1 N–H and O–H groups in total. The van der Waals surface area contributed by atoms with Gasteiger partial charge in [0.2, 0.25) is 0 Å². The second kappa shape index (κ2) is 15.5. The smallest absolute Gasteiger partial charge is 0.0723 e. The van der Waals surface area contributed by atoms with Crippen LogP contribution in [0.15, 0.2) is 24.3 Å². The first kappa shape index (κ1) is 18.4. The highest BCUT2D eigenvalue weighted by Crippen LogP contribution is 2.07. The first-order valence-electron chi connectivity index (χ1n) is 8.32. The Labute approximate surface area is 120 Å². The van der Waals surface area contributed by atoms with Crippen LogP contribution >= 0.6 is 0 Å². The summed E-state index contributed by atoms with van der Waals surface area (Å²) < 4.78 is 0. The summed E-state index contributed by atoms with van der Waals surface area (Å²) in [4.78, 5) is 0. The summed E-state index contributed by atoms with van der Waals surface area (Å²) in [6, 6.07) is 0. The van der Waals surface area contributed by atoms with Gasteiger partial charge in [-0.3, -0.25) is 0 Å². The number of hydrogen-bond donors (Lipinski definition) is 1. The molecular formula is C18H34O. The predicted molar refractivity (Wildman–Crippen MR) is 86.4 cm³/mol. The van der Waals surface area contributed by atoms with Gasteiger partial charge >= 0.3 is 0 Å². The highest BCUT2D eigenvalue weighted by atomic mass is 16.3. The van der Waals surface area contributed by atoms with Crippen molar-refractivity contribution in [2.24, 2.45) is 0 Å². The predicted octanol–water partition coefficient (Wildman–Crippen LogP) is 5.79. The van der Waals surface area contributed by atoms with Crippen molar-refractivity contribution in [2.45, 2.75) is 90.6 Å². The third-order valence-corrected chi connectivity index (χ3v) is 3.41. The molecule has 1 heteroatoms. The van der Waals surface area contributed by atoms with Crippen molar-refractivity contribution in [3.63, 3.8) is 0 Å². The van der Waals surface area contributed by atoms with Crippen molar-refractivity contribution in [1.29, 1.82) is 0 Å². The van der Waals surface area contributed by atoms with Gasteiger partial charge < -0.3 is 5.11 Å². The highest BCUT2D eigenvalue weighted by Gasteiger charge is 1.97. The van der Waals surface area contributed by atoms with Crippen LogP contribution in [-0.4, -0.2) is 11.2 Å². The Kier molecular flexibility index (Phi) is 15.0. The normalized spacial score (nSPS) is 13.6. The molecule has 0 aromatic rings. The molecule has 112 valence electrons. The van der Waals surface area contributed by atoms with Crippen LogP contribution in [0.5, 0.6) is 0 Å². The Morgan fingerprint density at radius 1 is 0.789 bits per heavy atom. The van der Waals surface area contributed by atoms with Crippen molar-refractivity contribution in [3.05, 3.63) is 24.3 Å². The number of allylic oxidation sites excluding steroid dienone is 3. The lowest BCUT2D eigenvalue weighted by molar-refractivity contribution is 0.208. The van der Waals surface area contributed by atoms with E-state index in [0.29, 0.717) is 0 Å². The molecule has 0 fully saturated rings. The van der Waals surface area contributed by atoms with Gasteiger partial charge in [0, 0.05) is 0 Å². The van der Waals surface area contributed by atoms with Gasteiger partial charge in [0.1, 0.15) is 0 Å². The largest absolute Gasteiger partial charge is 0.389 e. The lowest BCUT2D eigenvalue weighted by Crippen LogP contribution is -2.00. The Bertz CT molecular complexity index is 218. The third-order valence-electron chi connectivity index (χ3n) is 3.41. The fourth-order valence-electron chi connectivity index (χ4n) is 2.11. The molecule has 0 heterocycles. The first-order chi connectivity index (χ1) is 9.31. The van der Waals surface area contributed by atoms with Crippen LogP contribution < -0.4 is 0 Å². The number of unbranched alkanes of at least 4 members (excludes halogenated alkanes) is 8. The van der Waals surface area contributed by atoms with Gasteiger partial charge in [-0.2, -0.15) is 0 Å². The van der Waals surface area contributed by atoms with Crippen molar-refractivity contribution >= 4 is 0 Å². The topological polar surface area (TPSA) is 20.2 Å². The van der Waals surface area contributed by atoms with Gasteiger partial charge in [-0.25, -0.2) is 0 Å². The lowest BCUT2D eigenvalue weighted by Gasteiger charge is -2.03. The molecule has 0 aliphatic heterocycles. The summed E-state index contributed by atoms with van der Waals surface area (Å²) in [5, 5.41) is 9.73. The molecule has 0 rings (SSSR count). The average Bonchev–Trinajstić information content (AvgIpc) is 2.42. The van der Waals surface area contributed by atoms with E-state index < -0.39 is 0 Å². The summed E-state index contributed by atoms with van der Waals surface area (Å²) in [5.41, 5.74) is 0.